The lowest BCUT2D eigenvalue weighted by Gasteiger charge is -2.12. The maximum atomic E-state index is 6.07. The number of hydrogen-bond acceptors (Lipinski definition) is 1. The minimum atomic E-state index is 0.405. The van der Waals surface area contributed by atoms with E-state index in [1.807, 2.05) is 24.3 Å². The van der Waals surface area contributed by atoms with E-state index in [1.165, 1.54) is 11.1 Å². The van der Waals surface area contributed by atoms with E-state index < -0.39 is 0 Å². The van der Waals surface area contributed by atoms with Crippen molar-refractivity contribution >= 4 is 22.6 Å². The van der Waals surface area contributed by atoms with Gasteiger partial charge >= 0.3 is 0 Å². The summed E-state index contributed by atoms with van der Waals surface area (Å²) >= 11 is 6.07. The van der Waals surface area contributed by atoms with Gasteiger partial charge in [-0.1, -0.05) is 30.3 Å². The molecule has 0 saturated heterocycles. The molecule has 0 atom stereocenters. The third-order valence-electron chi connectivity index (χ3n) is 3.42. The minimum Gasteiger partial charge on any atom is -0.295 e. The fourth-order valence-electron chi connectivity index (χ4n) is 2.51. The molecule has 0 radical (unpaired) electrons. The Balaban J connectivity index is 2.42. The van der Waals surface area contributed by atoms with Crippen molar-refractivity contribution in [1.82, 2.24) is 9.55 Å². The fourth-order valence-corrected chi connectivity index (χ4v) is 2.69. The van der Waals surface area contributed by atoms with Crippen LogP contribution in [0.1, 0.15) is 17.0 Å². The molecule has 0 aliphatic carbocycles. The predicted octanol–water partition coefficient (Wildman–Crippen LogP) is 4.38. The number of hydrogen-bond donors (Lipinski definition) is 0. The Morgan fingerprint density at radius 2 is 1.74 bits per heavy atom. The molecule has 0 aliphatic heterocycles. The second-order valence-electron chi connectivity index (χ2n) is 4.73. The van der Waals surface area contributed by atoms with Crippen molar-refractivity contribution in [2.45, 2.75) is 19.7 Å². The van der Waals surface area contributed by atoms with Gasteiger partial charge in [-0.05, 0) is 37.1 Å². The van der Waals surface area contributed by atoms with Gasteiger partial charge in [0.05, 0.1) is 22.6 Å². The zero-order valence-electron chi connectivity index (χ0n) is 11.0. The van der Waals surface area contributed by atoms with Crippen molar-refractivity contribution in [3.8, 4) is 5.69 Å². The second kappa shape index (κ2) is 4.71. The highest BCUT2D eigenvalue weighted by molar-refractivity contribution is 6.17. The minimum absolute atomic E-state index is 0.405. The lowest BCUT2D eigenvalue weighted by Crippen LogP contribution is -2.02. The normalized spacial score (nSPS) is 11.1. The molecule has 0 amide bonds. The number of aromatic nitrogens is 2. The Hall–Kier alpha value is -1.80. The zero-order valence-corrected chi connectivity index (χ0v) is 11.8. The van der Waals surface area contributed by atoms with Crippen LogP contribution >= 0.6 is 11.6 Å². The predicted molar refractivity (Wildman–Crippen MR) is 80.1 cm³/mol. The average molecular weight is 271 g/mol. The Morgan fingerprint density at radius 1 is 1.00 bits per heavy atom. The van der Waals surface area contributed by atoms with Crippen LogP contribution in [0.5, 0.6) is 0 Å². The van der Waals surface area contributed by atoms with E-state index in [0.717, 1.165) is 22.5 Å². The second-order valence-corrected chi connectivity index (χ2v) is 4.99. The fraction of sp³-hybridized carbons (Fsp3) is 0.188. The molecule has 19 heavy (non-hydrogen) atoms. The number of rotatable bonds is 2. The molecule has 0 bridgehead atoms. The molecule has 0 fully saturated rings. The number of nitrogens with zero attached hydrogens (tertiary/aromatic N) is 2. The maximum Gasteiger partial charge on any atom is 0.129 e. The first-order chi connectivity index (χ1) is 9.22. The van der Waals surface area contributed by atoms with Crippen molar-refractivity contribution in [3.05, 3.63) is 59.4 Å². The number of aryl methyl sites for hydroxylation is 2. The largest absolute Gasteiger partial charge is 0.295 e. The standard InChI is InChI=1S/C16H15ClN2/c1-11-6-3-4-9-14(11)19-15(10-17)18-13-8-5-7-12(2)16(13)19/h3-9H,10H2,1-2H3. The van der Waals surface area contributed by atoms with Gasteiger partial charge in [-0.15, -0.1) is 11.6 Å². The van der Waals surface area contributed by atoms with Crippen LogP contribution in [0, 0.1) is 13.8 Å². The third-order valence-corrected chi connectivity index (χ3v) is 3.66. The van der Waals surface area contributed by atoms with E-state index >= 15 is 0 Å². The lowest BCUT2D eigenvalue weighted by molar-refractivity contribution is 0.970. The highest BCUT2D eigenvalue weighted by Crippen LogP contribution is 2.26. The lowest BCUT2D eigenvalue weighted by atomic mass is 10.1. The van der Waals surface area contributed by atoms with Crippen LogP contribution in [0.2, 0.25) is 0 Å². The molecule has 1 heterocycles. The first-order valence-corrected chi connectivity index (χ1v) is 6.84. The van der Waals surface area contributed by atoms with E-state index in [-0.39, 0.29) is 0 Å². The van der Waals surface area contributed by atoms with Gasteiger partial charge in [0.15, 0.2) is 0 Å². The highest BCUT2D eigenvalue weighted by Gasteiger charge is 2.14. The SMILES string of the molecule is Cc1ccccc1-n1c(CCl)nc2cccc(C)c21. The first kappa shape index (κ1) is 12.2. The molecule has 0 N–H and O–H groups in total. The molecular formula is C16H15ClN2. The van der Waals surface area contributed by atoms with Gasteiger partial charge in [-0.2, -0.15) is 0 Å². The van der Waals surface area contributed by atoms with E-state index in [0.29, 0.717) is 5.88 Å². The van der Waals surface area contributed by atoms with E-state index in [9.17, 15) is 0 Å². The number of benzene rings is 2. The summed E-state index contributed by atoms with van der Waals surface area (Å²) in [5, 5.41) is 0. The third kappa shape index (κ3) is 1.92. The average Bonchev–Trinajstić information content (AvgIpc) is 2.79. The summed E-state index contributed by atoms with van der Waals surface area (Å²) in [4.78, 5) is 4.64. The number of para-hydroxylation sites is 2. The highest BCUT2D eigenvalue weighted by atomic mass is 35.5. The molecule has 1 aromatic heterocycles. The summed E-state index contributed by atoms with van der Waals surface area (Å²) in [6.07, 6.45) is 0. The molecule has 0 aliphatic rings. The first-order valence-electron chi connectivity index (χ1n) is 6.31. The van der Waals surface area contributed by atoms with Crippen molar-refractivity contribution in [2.75, 3.05) is 0 Å². The summed E-state index contributed by atoms with van der Waals surface area (Å²) in [5.41, 5.74) is 5.72. The van der Waals surface area contributed by atoms with Crippen LogP contribution < -0.4 is 0 Å². The molecule has 0 spiro atoms. The van der Waals surface area contributed by atoms with Crippen molar-refractivity contribution in [1.29, 1.82) is 0 Å². The molecular weight excluding hydrogens is 256 g/mol. The van der Waals surface area contributed by atoms with Gasteiger partial charge in [0.1, 0.15) is 5.82 Å². The Morgan fingerprint density at radius 3 is 2.47 bits per heavy atom. The molecule has 96 valence electrons. The van der Waals surface area contributed by atoms with Crippen LogP contribution in [0.25, 0.3) is 16.7 Å². The van der Waals surface area contributed by atoms with Crippen molar-refractivity contribution in [2.24, 2.45) is 0 Å². The molecule has 2 nitrogen and oxygen atoms in total. The summed E-state index contributed by atoms with van der Waals surface area (Å²) in [6, 6.07) is 14.5. The van der Waals surface area contributed by atoms with Gasteiger partial charge < -0.3 is 0 Å². The summed E-state index contributed by atoms with van der Waals surface area (Å²) in [7, 11) is 0. The van der Waals surface area contributed by atoms with Gasteiger partial charge in [-0.3, -0.25) is 4.57 Å². The smallest absolute Gasteiger partial charge is 0.129 e. The molecule has 3 aromatic rings. The molecule has 0 saturated carbocycles. The number of fused-ring (bicyclic) bond motifs is 1. The Kier molecular flexibility index (Phi) is 3.03. The number of imidazole rings is 1. The van der Waals surface area contributed by atoms with Gasteiger partial charge in [0.25, 0.3) is 0 Å². The van der Waals surface area contributed by atoms with Crippen LogP contribution in [0.15, 0.2) is 42.5 Å². The van der Waals surface area contributed by atoms with Crippen molar-refractivity contribution < 1.29 is 0 Å². The monoisotopic (exact) mass is 270 g/mol. The van der Waals surface area contributed by atoms with Crippen molar-refractivity contribution in [3.63, 3.8) is 0 Å². The maximum absolute atomic E-state index is 6.07. The van der Waals surface area contributed by atoms with E-state index in [1.54, 1.807) is 0 Å². The number of alkyl halides is 1. The summed E-state index contributed by atoms with van der Waals surface area (Å²) in [6.45, 7) is 4.22. The Bertz CT molecular complexity index is 744. The van der Waals surface area contributed by atoms with Crippen LogP contribution in [-0.4, -0.2) is 9.55 Å². The van der Waals surface area contributed by atoms with E-state index in [2.05, 4.69) is 41.6 Å². The molecule has 3 heteroatoms. The molecule has 0 unspecified atom stereocenters. The van der Waals surface area contributed by atoms with Gasteiger partial charge in [-0.25, -0.2) is 4.98 Å². The van der Waals surface area contributed by atoms with Crippen LogP contribution in [0.3, 0.4) is 0 Å². The quantitative estimate of drug-likeness (QED) is 0.632. The van der Waals surface area contributed by atoms with Gasteiger partial charge in [0.2, 0.25) is 0 Å². The summed E-state index contributed by atoms with van der Waals surface area (Å²) < 4.78 is 2.17. The number of halogens is 1. The zero-order chi connectivity index (χ0) is 13.4. The summed E-state index contributed by atoms with van der Waals surface area (Å²) in [5.74, 6) is 1.29. The van der Waals surface area contributed by atoms with Crippen LogP contribution in [0.4, 0.5) is 0 Å². The topological polar surface area (TPSA) is 17.8 Å². The van der Waals surface area contributed by atoms with E-state index in [4.69, 9.17) is 11.6 Å². The van der Waals surface area contributed by atoms with Gasteiger partial charge in [0, 0.05) is 0 Å². The molecule has 2 aromatic carbocycles. The van der Waals surface area contributed by atoms with Crippen LogP contribution in [-0.2, 0) is 5.88 Å². The Labute approximate surface area is 117 Å². The molecule has 3 rings (SSSR count).